The molecule has 0 atom stereocenters. The van der Waals surface area contributed by atoms with E-state index in [9.17, 15) is 4.79 Å². The van der Waals surface area contributed by atoms with Crippen LogP contribution in [0.5, 0.6) is 5.75 Å². The molecule has 0 heterocycles. The zero-order chi connectivity index (χ0) is 13.5. The van der Waals surface area contributed by atoms with Gasteiger partial charge in [0.2, 0.25) is 0 Å². The van der Waals surface area contributed by atoms with Gasteiger partial charge in [0, 0.05) is 23.9 Å². The van der Waals surface area contributed by atoms with E-state index in [1.54, 1.807) is 18.2 Å². The highest BCUT2D eigenvalue weighted by atomic mass is 16.5. The van der Waals surface area contributed by atoms with Crippen LogP contribution in [-0.2, 0) is 0 Å². The summed E-state index contributed by atoms with van der Waals surface area (Å²) in [5.41, 5.74) is 6.82. The van der Waals surface area contributed by atoms with Crippen molar-refractivity contribution in [3.8, 4) is 5.75 Å². The minimum atomic E-state index is -0.0257. The Kier molecular flexibility index (Phi) is 5.65. The molecule has 0 unspecified atom stereocenters. The van der Waals surface area contributed by atoms with Crippen molar-refractivity contribution in [1.29, 1.82) is 0 Å². The fraction of sp³-hybridized carbons (Fsp3) is 0.500. The van der Waals surface area contributed by atoms with Gasteiger partial charge in [0.25, 0.3) is 0 Å². The average Bonchev–Trinajstić information content (AvgIpc) is 2.34. The summed E-state index contributed by atoms with van der Waals surface area (Å²) < 4.78 is 5.62. The van der Waals surface area contributed by atoms with E-state index in [1.165, 1.54) is 6.92 Å². The number of rotatable bonds is 7. The van der Waals surface area contributed by atoms with Crippen molar-refractivity contribution in [2.45, 2.75) is 20.8 Å². The van der Waals surface area contributed by atoms with Crippen molar-refractivity contribution in [3.05, 3.63) is 23.8 Å². The molecule has 1 aromatic carbocycles. The molecule has 18 heavy (non-hydrogen) atoms. The predicted molar refractivity (Wildman–Crippen MR) is 74.1 cm³/mol. The number of ether oxygens (including phenoxy) is 1. The summed E-state index contributed by atoms with van der Waals surface area (Å²) in [6.45, 7) is 9.32. The number of anilines is 1. The first-order chi connectivity index (χ1) is 8.58. The lowest BCUT2D eigenvalue weighted by Crippen LogP contribution is -2.27. The molecule has 0 saturated carbocycles. The zero-order valence-electron chi connectivity index (χ0n) is 11.4. The Morgan fingerprint density at radius 3 is 2.50 bits per heavy atom. The van der Waals surface area contributed by atoms with Crippen LogP contribution < -0.4 is 10.5 Å². The molecule has 4 nitrogen and oxygen atoms in total. The molecule has 0 aliphatic carbocycles. The third-order valence-electron chi connectivity index (χ3n) is 2.97. The first-order valence-electron chi connectivity index (χ1n) is 6.34. The Bertz CT molecular complexity index is 401. The van der Waals surface area contributed by atoms with Gasteiger partial charge in [-0.15, -0.1) is 0 Å². The van der Waals surface area contributed by atoms with Crippen LogP contribution in [0.4, 0.5) is 5.69 Å². The fourth-order valence-electron chi connectivity index (χ4n) is 1.78. The lowest BCUT2D eigenvalue weighted by atomic mass is 10.1. The van der Waals surface area contributed by atoms with Gasteiger partial charge < -0.3 is 15.4 Å². The molecular weight excluding hydrogens is 228 g/mol. The van der Waals surface area contributed by atoms with Gasteiger partial charge in [-0.3, -0.25) is 4.79 Å². The van der Waals surface area contributed by atoms with Crippen LogP contribution >= 0.6 is 0 Å². The molecule has 4 heteroatoms. The summed E-state index contributed by atoms with van der Waals surface area (Å²) in [7, 11) is 0. The molecule has 0 aromatic heterocycles. The molecule has 0 fully saturated rings. The second-order valence-corrected chi connectivity index (χ2v) is 4.18. The molecule has 0 aliphatic rings. The molecule has 1 aromatic rings. The van der Waals surface area contributed by atoms with Gasteiger partial charge in [-0.2, -0.15) is 0 Å². The first kappa shape index (κ1) is 14.5. The van der Waals surface area contributed by atoms with Crippen molar-refractivity contribution >= 4 is 11.5 Å². The number of Topliss-reactive ketones (excluding diaryl/α,β-unsaturated/α-hetero) is 1. The molecule has 0 spiro atoms. The largest absolute Gasteiger partial charge is 0.492 e. The van der Waals surface area contributed by atoms with Crippen LogP contribution in [0, 0.1) is 0 Å². The number of hydrogen-bond donors (Lipinski definition) is 1. The first-order valence-corrected chi connectivity index (χ1v) is 6.34. The van der Waals surface area contributed by atoms with Crippen LogP contribution in [0.25, 0.3) is 0 Å². The van der Waals surface area contributed by atoms with Crippen molar-refractivity contribution in [3.63, 3.8) is 0 Å². The van der Waals surface area contributed by atoms with E-state index in [0.29, 0.717) is 23.6 Å². The minimum absolute atomic E-state index is 0.0257. The highest BCUT2D eigenvalue weighted by Crippen LogP contribution is 2.20. The number of carbonyl (C=O) groups is 1. The van der Waals surface area contributed by atoms with Crippen LogP contribution in [0.3, 0.4) is 0 Å². The van der Waals surface area contributed by atoms with E-state index in [2.05, 4.69) is 18.7 Å². The van der Waals surface area contributed by atoms with Crippen molar-refractivity contribution in [2.24, 2.45) is 0 Å². The Hall–Kier alpha value is -1.55. The summed E-state index contributed by atoms with van der Waals surface area (Å²) in [5.74, 6) is 0.687. The van der Waals surface area contributed by atoms with Gasteiger partial charge in [-0.25, -0.2) is 0 Å². The smallest absolute Gasteiger partial charge is 0.161 e. The van der Waals surface area contributed by atoms with Crippen LogP contribution in [0.1, 0.15) is 31.1 Å². The summed E-state index contributed by atoms with van der Waals surface area (Å²) in [4.78, 5) is 13.5. The number of nitrogens with two attached hydrogens (primary N) is 1. The van der Waals surface area contributed by atoms with E-state index < -0.39 is 0 Å². The number of hydrogen-bond acceptors (Lipinski definition) is 4. The molecule has 0 radical (unpaired) electrons. The third-order valence-corrected chi connectivity index (χ3v) is 2.97. The SMILES string of the molecule is CCN(CC)CCOc1ccc(C(C)=O)c(N)c1. The second kappa shape index (κ2) is 7.01. The number of ketones is 1. The lowest BCUT2D eigenvalue weighted by Gasteiger charge is -2.18. The average molecular weight is 250 g/mol. The van der Waals surface area contributed by atoms with Crippen molar-refractivity contribution in [2.75, 3.05) is 32.0 Å². The minimum Gasteiger partial charge on any atom is -0.492 e. The van der Waals surface area contributed by atoms with Gasteiger partial charge in [0.1, 0.15) is 12.4 Å². The van der Waals surface area contributed by atoms with E-state index in [4.69, 9.17) is 10.5 Å². The normalized spacial score (nSPS) is 10.7. The highest BCUT2D eigenvalue weighted by molar-refractivity contribution is 5.99. The lowest BCUT2D eigenvalue weighted by molar-refractivity contribution is 0.101. The molecule has 0 saturated heterocycles. The van der Waals surface area contributed by atoms with Crippen molar-refractivity contribution < 1.29 is 9.53 Å². The molecule has 2 N–H and O–H groups in total. The standard InChI is InChI=1S/C14H22N2O2/c1-4-16(5-2)8-9-18-12-6-7-13(11(3)17)14(15)10-12/h6-7,10H,4-5,8-9,15H2,1-3H3. The monoisotopic (exact) mass is 250 g/mol. The quantitative estimate of drug-likeness (QED) is 0.595. The zero-order valence-corrected chi connectivity index (χ0v) is 11.4. The Labute approximate surface area is 109 Å². The summed E-state index contributed by atoms with van der Waals surface area (Å²) >= 11 is 0. The third kappa shape index (κ3) is 4.04. The topological polar surface area (TPSA) is 55.6 Å². The van der Waals surface area contributed by atoms with Gasteiger partial charge in [0.05, 0.1) is 0 Å². The fourth-order valence-corrected chi connectivity index (χ4v) is 1.78. The van der Waals surface area contributed by atoms with Gasteiger partial charge in [-0.1, -0.05) is 13.8 Å². The van der Waals surface area contributed by atoms with E-state index in [-0.39, 0.29) is 5.78 Å². The highest BCUT2D eigenvalue weighted by Gasteiger charge is 2.06. The summed E-state index contributed by atoms with van der Waals surface area (Å²) in [6.07, 6.45) is 0. The maximum Gasteiger partial charge on any atom is 0.161 e. The Morgan fingerprint density at radius 2 is 2.00 bits per heavy atom. The van der Waals surface area contributed by atoms with Gasteiger partial charge in [-0.05, 0) is 32.1 Å². The van der Waals surface area contributed by atoms with Gasteiger partial charge >= 0.3 is 0 Å². The molecular formula is C14H22N2O2. The number of benzene rings is 1. The van der Waals surface area contributed by atoms with E-state index >= 15 is 0 Å². The molecule has 1 rings (SSSR count). The Balaban J connectivity index is 2.53. The van der Waals surface area contributed by atoms with E-state index in [1.807, 2.05) is 0 Å². The molecule has 0 amide bonds. The van der Waals surface area contributed by atoms with E-state index in [0.717, 1.165) is 19.6 Å². The van der Waals surface area contributed by atoms with Crippen LogP contribution in [0.15, 0.2) is 18.2 Å². The van der Waals surface area contributed by atoms with Crippen molar-refractivity contribution in [1.82, 2.24) is 4.90 Å². The second-order valence-electron chi connectivity index (χ2n) is 4.18. The number of carbonyl (C=O) groups excluding carboxylic acids is 1. The number of nitrogens with zero attached hydrogens (tertiary/aromatic N) is 1. The Morgan fingerprint density at radius 1 is 1.33 bits per heavy atom. The summed E-state index contributed by atoms with van der Waals surface area (Å²) in [6, 6.07) is 5.21. The van der Waals surface area contributed by atoms with Crippen LogP contribution in [-0.4, -0.2) is 36.9 Å². The summed E-state index contributed by atoms with van der Waals surface area (Å²) in [5, 5.41) is 0. The molecule has 0 bridgehead atoms. The molecule has 0 aliphatic heterocycles. The number of nitrogen functional groups attached to an aromatic ring is 1. The maximum atomic E-state index is 11.2. The van der Waals surface area contributed by atoms with Gasteiger partial charge in [0.15, 0.2) is 5.78 Å². The molecule has 100 valence electrons. The van der Waals surface area contributed by atoms with Crippen LogP contribution in [0.2, 0.25) is 0 Å². The predicted octanol–water partition coefficient (Wildman–Crippen LogP) is 2.19. The maximum absolute atomic E-state index is 11.2. The number of likely N-dealkylation sites (N-methyl/N-ethyl adjacent to an activating group) is 1.